The molecule has 0 unspecified atom stereocenters. The van der Waals surface area contributed by atoms with Crippen molar-refractivity contribution in [3.05, 3.63) is 51.2 Å². The number of aliphatic hydroxyl groups is 1. The molecule has 1 heterocycles. The summed E-state index contributed by atoms with van der Waals surface area (Å²) in [5.74, 6) is 0. The molecule has 0 fully saturated rings. The monoisotopic (exact) mass is 325 g/mol. The van der Waals surface area contributed by atoms with Gasteiger partial charge < -0.3 is 5.11 Å². The van der Waals surface area contributed by atoms with E-state index >= 15 is 0 Å². The predicted molar refractivity (Wildman–Crippen MR) is 85.1 cm³/mol. The Morgan fingerprint density at radius 1 is 1.14 bits per heavy atom. The van der Waals surface area contributed by atoms with Crippen LogP contribution in [0, 0.1) is 13.8 Å². The van der Waals surface area contributed by atoms with E-state index in [0.29, 0.717) is 17.9 Å². The van der Waals surface area contributed by atoms with Gasteiger partial charge in [-0.3, -0.25) is 0 Å². The minimum Gasteiger partial charge on any atom is -0.392 e. The molecule has 2 N–H and O–H groups in total. The zero-order valence-electron chi connectivity index (χ0n) is 12.1. The van der Waals surface area contributed by atoms with Crippen LogP contribution in [-0.4, -0.2) is 20.1 Å². The fourth-order valence-electron chi connectivity index (χ4n) is 2.09. The van der Waals surface area contributed by atoms with Crippen molar-refractivity contribution in [3.63, 3.8) is 0 Å². The van der Waals surface area contributed by atoms with E-state index in [1.807, 2.05) is 38.1 Å². The van der Waals surface area contributed by atoms with Gasteiger partial charge in [-0.05, 0) is 37.5 Å². The van der Waals surface area contributed by atoms with Crippen LogP contribution in [0.2, 0.25) is 0 Å². The summed E-state index contributed by atoms with van der Waals surface area (Å²) in [4.78, 5) is 2.18. The Balaban J connectivity index is 1.97. The van der Waals surface area contributed by atoms with Crippen molar-refractivity contribution in [2.24, 2.45) is 0 Å². The Morgan fingerprint density at radius 2 is 1.76 bits per heavy atom. The third-order valence-corrected chi connectivity index (χ3v) is 5.88. The van der Waals surface area contributed by atoms with Gasteiger partial charge in [0, 0.05) is 16.3 Å². The molecule has 6 heteroatoms. The van der Waals surface area contributed by atoms with Crippen LogP contribution in [0.1, 0.15) is 20.9 Å². The second-order valence-corrected chi connectivity index (χ2v) is 8.10. The highest BCUT2D eigenvalue weighted by atomic mass is 32.2. The first-order valence-corrected chi connectivity index (χ1v) is 8.98. The maximum atomic E-state index is 12.2. The maximum Gasteiger partial charge on any atom is 0.241 e. The summed E-state index contributed by atoms with van der Waals surface area (Å²) in [5, 5.41) is 8.97. The lowest BCUT2D eigenvalue weighted by Gasteiger charge is -2.07. The van der Waals surface area contributed by atoms with Gasteiger partial charge in [-0.25, -0.2) is 13.1 Å². The van der Waals surface area contributed by atoms with E-state index in [0.717, 1.165) is 20.9 Å². The van der Waals surface area contributed by atoms with E-state index in [1.54, 1.807) is 6.07 Å². The second-order valence-electron chi connectivity index (χ2n) is 4.90. The standard InChI is InChI=1S/C15H19NO3S2/c1-11-9-15(12(2)20-11)21(18,19)16-8-7-13-3-5-14(10-17)6-4-13/h3-6,9,16-17H,7-8,10H2,1-2H3. The van der Waals surface area contributed by atoms with Crippen molar-refractivity contribution in [1.29, 1.82) is 0 Å². The lowest BCUT2D eigenvalue weighted by molar-refractivity contribution is 0.282. The van der Waals surface area contributed by atoms with Gasteiger partial charge in [0.2, 0.25) is 10.0 Å². The number of benzene rings is 1. The van der Waals surface area contributed by atoms with E-state index in [1.165, 1.54) is 11.3 Å². The van der Waals surface area contributed by atoms with Crippen LogP contribution in [0.25, 0.3) is 0 Å². The summed E-state index contributed by atoms with van der Waals surface area (Å²) >= 11 is 1.49. The molecule has 0 aliphatic rings. The molecular formula is C15H19NO3S2. The molecule has 0 radical (unpaired) electrons. The highest BCUT2D eigenvalue weighted by molar-refractivity contribution is 7.89. The van der Waals surface area contributed by atoms with Crippen molar-refractivity contribution < 1.29 is 13.5 Å². The number of thiophene rings is 1. The van der Waals surface area contributed by atoms with E-state index in [-0.39, 0.29) is 6.61 Å². The Labute approximate surface area is 129 Å². The summed E-state index contributed by atoms with van der Waals surface area (Å²) in [6.07, 6.45) is 0.618. The molecule has 4 nitrogen and oxygen atoms in total. The van der Waals surface area contributed by atoms with Gasteiger partial charge in [0.1, 0.15) is 0 Å². The number of hydrogen-bond donors (Lipinski definition) is 2. The number of aliphatic hydroxyl groups excluding tert-OH is 1. The van der Waals surface area contributed by atoms with Gasteiger partial charge in [0.25, 0.3) is 0 Å². The van der Waals surface area contributed by atoms with E-state index in [9.17, 15) is 8.42 Å². The van der Waals surface area contributed by atoms with Crippen LogP contribution in [0.3, 0.4) is 0 Å². The lowest BCUT2D eigenvalue weighted by Crippen LogP contribution is -2.26. The average Bonchev–Trinajstić information content (AvgIpc) is 2.79. The molecule has 0 aliphatic heterocycles. The van der Waals surface area contributed by atoms with Crippen LogP contribution in [0.4, 0.5) is 0 Å². The summed E-state index contributed by atoms with van der Waals surface area (Å²) < 4.78 is 27.1. The molecule has 0 spiro atoms. The topological polar surface area (TPSA) is 66.4 Å². The van der Waals surface area contributed by atoms with Crippen LogP contribution in [-0.2, 0) is 23.1 Å². The zero-order valence-corrected chi connectivity index (χ0v) is 13.7. The zero-order chi connectivity index (χ0) is 15.5. The highest BCUT2D eigenvalue weighted by Crippen LogP contribution is 2.24. The summed E-state index contributed by atoms with van der Waals surface area (Å²) in [5.41, 5.74) is 1.89. The molecule has 2 aromatic rings. The van der Waals surface area contributed by atoms with Crippen LogP contribution in [0.5, 0.6) is 0 Å². The van der Waals surface area contributed by atoms with Crippen LogP contribution >= 0.6 is 11.3 Å². The van der Waals surface area contributed by atoms with Crippen molar-refractivity contribution in [2.75, 3.05) is 6.54 Å². The normalized spacial score (nSPS) is 11.8. The Morgan fingerprint density at radius 3 is 2.29 bits per heavy atom. The second kappa shape index (κ2) is 6.70. The first-order chi connectivity index (χ1) is 9.92. The van der Waals surface area contributed by atoms with Gasteiger partial charge in [0.05, 0.1) is 11.5 Å². The summed E-state index contributed by atoms with van der Waals surface area (Å²) in [6, 6.07) is 9.20. The molecule has 0 saturated carbocycles. The van der Waals surface area contributed by atoms with Gasteiger partial charge in [-0.1, -0.05) is 24.3 Å². The van der Waals surface area contributed by atoms with Crippen molar-refractivity contribution in [3.8, 4) is 0 Å². The summed E-state index contributed by atoms with van der Waals surface area (Å²) in [6.45, 7) is 4.10. The predicted octanol–water partition coefficient (Wildman–Crippen LogP) is 2.38. The molecule has 0 amide bonds. The largest absolute Gasteiger partial charge is 0.392 e. The molecule has 0 atom stereocenters. The Hall–Kier alpha value is -1.21. The van der Waals surface area contributed by atoms with Crippen LogP contribution < -0.4 is 4.72 Å². The summed E-state index contributed by atoms with van der Waals surface area (Å²) in [7, 11) is -3.43. The third-order valence-electron chi connectivity index (χ3n) is 3.20. The molecule has 0 bridgehead atoms. The van der Waals surface area contributed by atoms with Gasteiger partial charge in [0.15, 0.2) is 0 Å². The van der Waals surface area contributed by atoms with Crippen LogP contribution in [0.15, 0.2) is 35.2 Å². The number of sulfonamides is 1. The van der Waals surface area contributed by atoms with Gasteiger partial charge >= 0.3 is 0 Å². The SMILES string of the molecule is Cc1cc(S(=O)(=O)NCCc2ccc(CO)cc2)c(C)s1. The molecule has 2 rings (SSSR count). The third kappa shape index (κ3) is 4.14. The van der Waals surface area contributed by atoms with Gasteiger partial charge in [-0.2, -0.15) is 0 Å². The highest BCUT2D eigenvalue weighted by Gasteiger charge is 2.18. The number of hydrogen-bond acceptors (Lipinski definition) is 4. The maximum absolute atomic E-state index is 12.2. The first-order valence-electron chi connectivity index (χ1n) is 6.68. The van der Waals surface area contributed by atoms with E-state index in [2.05, 4.69) is 4.72 Å². The van der Waals surface area contributed by atoms with Crippen molar-refractivity contribution >= 4 is 21.4 Å². The smallest absolute Gasteiger partial charge is 0.241 e. The molecule has 0 aliphatic carbocycles. The van der Waals surface area contributed by atoms with Gasteiger partial charge in [-0.15, -0.1) is 11.3 Å². The fourth-order valence-corrected chi connectivity index (χ4v) is 4.68. The van der Waals surface area contributed by atoms with Crippen molar-refractivity contribution in [2.45, 2.75) is 31.8 Å². The van der Waals surface area contributed by atoms with E-state index < -0.39 is 10.0 Å². The van der Waals surface area contributed by atoms with E-state index in [4.69, 9.17) is 5.11 Å². The average molecular weight is 325 g/mol. The number of aryl methyl sites for hydroxylation is 2. The Bertz CT molecular complexity index is 703. The minimum atomic E-state index is -3.43. The molecular weight excluding hydrogens is 306 g/mol. The Kier molecular flexibility index (Phi) is 5.16. The molecule has 21 heavy (non-hydrogen) atoms. The molecule has 0 saturated heterocycles. The fraction of sp³-hybridized carbons (Fsp3) is 0.333. The first kappa shape index (κ1) is 16.2. The quantitative estimate of drug-likeness (QED) is 0.857. The lowest BCUT2D eigenvalue weighted by atomic mass is 10.1. The molecule has 1 aromatic heterocycles. The number of nitrogens with one attached hydrogen (secondary N) is 1. The van der Waals surface area contributed by atoms with Crippen molar-refractivity contribution in [1.82, 2.24) is 4.72 Å². The minimum absolute atomic E-state index is 0.0176. The molecule has 1 aromatic carbocycles. The molecule has 114 valence electrons. The number of rotatable bonds is 6.